The van der Waals surface area contributed by atoms with Crippen molar-refractivity contribution in [3.05, 3.63) is 35.4 Å². The van der Waals surface area contributed by atoms with Gasteiger partial charge in [0.2, 0.25) is 0 Å². The van der Waals surface area contributed by atoms with Crippen LogP contribution in [0.2, 0.25) is 18.1 Å². The fourth-order valence-electron chi connectivity index (χ4n) is 2.63. The average molecular weight is 307 g/mol. The van der Waals surface area contributed by atoms with Gasteiger partial charge in [-0.05, 0) is 28.5 Å². The first-order valence-electron chi connectivity index (χ1n) is 7.74. The zero-order valence-corrected chi connectivity index (χ0v) is 15.5. The van der Waals surface area contributed by atoms with Gasteiger partial charge in [0.1, 0.15) is 13.3 Å². The zero-order chi connectivity index (χ0) is 16.5. The lowest BCUT2D eigenvalue weighted by Crippen LogP contribution is -2.59. The van der Waals surface area contributed by atoms with Gasteiger partial charge < -0.3 is 9.90 Å². The summed E-state index contributed by atoms with van der Waals surface area (Å²) in [7, 11) is -2.29. The molecule has 1 atom stereocenters. The van der Waals surface area contributed by atoms with Crippen LogP contribution in [0.25, 0.3) is 0 Å². The van der Waals surface area contributed by atoms with Crippen molar-refractivity contribution in [3.63, 3.8) is 0 Å². The molecule has 0 aromatic heterocycles. The van der Waals surface area contributed by atoms with Crippen LogP contribution in [0.1, 0.15) is 45.7 Å². The Labute approximate surface area is 130 Å². The van der Waals surface area contributed by atoms with E-state index in [1.165, 1.54) is 0 Å². The molecule has 1 aromatic carbocycles. The first-order valence-corrected chi connectivity index (χ1v) is 10.7. The summed E-state index contributed by atoms with van der Waals surface area (Å²) in [6.07, 6.45) is 1.66. The molecule has 0 heterocycles. The summed E-state index contributed by atoms with van der Waals surface area (Å²) in [5.41, 5.74) is 1.90. The van der Waals surface area contributed by atoms with E-state index in [1.807, 2.05) is 24.3 Å². The molecular weight excluding hydrogens is 276 g/mol. The molecule has 0 spiro atoms. The Morgan fingerprint density at radius 3 is 2.14 bits per heavy atom. The number of aliphatic hydroxyl groups is 1. The summed E-state index contributed by atoms with van der Waals surface area (Å²) >= 11 is 0. The van der Waals surface area contributed by atoms with E-state index in [-0.39, 0.29) is 5.04 Å². The smallest absolute Gasteiger partial charge is 0.152 e. The molecule has 21 heavy (non-hydrogen) atoms. The predicted molar refractivity (Wildman–Crippen MR) is 92.1 cm³/mol. The minimum atomic E-state index is -2.29. The maximum atomic E-state index is 11.9. The summed E-state index contributed by atoms with van der Waals surface area (Å²) in [4.78, 5) is 11.9. The van der Waals surface area contributed by atoms with Crippen molar-refractivity contribution < 1.29 is 9.90 Å². The molecule has 0 fully saturated rings. The van der Waals surface area contributed by atoms with Gasteiger partial charge in [0.15, 0.2) is 6.29 Å². The van der Waals surface area contributed by atoms with E-state index in [9.17, 15) is 9.90 Å². The number of rotatable bonds is 5. The molecule has 118 valence electrons. The minimum absolute atomic E-state index is 0.0758. The second-order valence-electron chi connectivity index (χ2n) is 8.01. The zero-order valence-electron chi connectivity index (χ0n) is 14.5. The van der Waals surface area contributed by atoms with Crippen LogP contribution in [0.15, 0.2) is 24.3 Å². The third-order valence-electron chi connectivity index (χ3n) is 5.05. The SMILES string of the molecule is CC(C)Cc1ccccc1[C@](O)(C=O)[Si](C)(C)C(C)(C)C. The van der Waals surface area contributed by atoms with Crippen molar-refractivity contribution >= 4 is 14.4 Å². The van der Waals surface area contributed by atoms with Crippen molar-refractivity contribution in [3.8, 4) is 0 Å². The van der Waals surface area contributed by atoms with E-state index < -0.39 is 13.3 Å². The van der Waals surface area contributed by atoms with Gasteiger partial charge in [-0.1, -0.05) is 72.0 Å². The highest BCUT2D eigenvalue weighted by molar-refractivity contribution is 6.84. The Morgan fingerprint density at radius 1 is 1.19 bits per heavy atom. The molecule has 0 unspecified atom stereocenters. The Hall–Kier alpha value is -0.933. The van der Waals surface area contributed by atoms with E-state index in [2.05, 4.69) is 47.7 Å². The van der Waals surface area contributed by atoms with E-state index in [0.717, 1.165) is 23.8 Å². The highest BCUT2D eigenvalue weighted by Gasteiger charge is 2.54. The van der Waals surface area contributed by atoms with Crippen LogP contribution in [0.4, 0.5) is 0 Å². The molecule has 1 aromatic rings. The van der Waals surface area contributed by atoms with E-state index in [1.54, 1.807) is 0 Å². The normalized spacial score (nSPS) is 15.9. The molecule has 1 N–H and O–H groups in total. The molecule has 0 bridgehead atoms. The molecule has 0 aliphatic carbocycles. The van der Waals surface area contributed by atoms with Crippen molar-refractivity contribution in [2.45, 2.75) is 64.4 Å². The summed E-state index contributed by atoms with van der Waals surface area (Å²) in [5.74, 6) is 0.487. The Balaban J connectivity index is 3.50. The van der Waals surface area contributed by atoms with Gasteiger partial charge in [0, 0.05) is 0 Å². The molecule has 0 amide bonds. The Kier molecular flexibility index (Phi) is 5.22. The third-order valence-corrected chi connectivity index (χ3v) is 11.1. The van der Waals surface area contributed by atoms with Gasteiger partial charge in [-0.3, -0.25) is 0 Å². The van der Waals surface area contributed by atoms with Crippen LogP contribution >= 0.6 is 0 Å². The maximum Gasteiger partial charge on any atom is 0.152 e. The topological polar surface area (TPSA) is 37.3 Å². The highest BCUT2D eigenvalue weighted by Crippen LogP contribution is 2.47. The van der Waals surface area contributed by atoms with Gasteiger partial charge in [-0.2, -0.15) is 0 Å². The van der Waals surface area contributed by atoms with Crippen molar-refractivity contribution in [2.75, 3.05) is 0 Å². The molecular formula is C18H30O2Si. The van der Waals surface area contributed by atoms with Crippen LogP contribution in [0.5, 0.6) is 0 Å². The molecule has 2 nitrogen and oxygen atoms in total. The van der Waals surface area contributed by atoms with E-state index >= 15 is 0 Å². The van der Waals surface area contributed by atoms with E-state index in [0.29, 0.717) is 5.92 Å². The highest BCUT2D eigenvalue weighted by atomic mass is 28.3. The molecule has 0 aliphatic heterocycles. The fraction of sp³-hybridized carbons (Fsp3) is 0.611. The average Bonchev–Trinajstić information content (AvgIpc) is 2.36. The minimum Gasteiger partial charge on any atom is -0.381 e. The fourth-order valence-corrected chi connectivity index (χ4v) is 4.98. The summed E-state index contributed by atoms with van der Waals surface area (Å²) < 4.78 is 0. The summed E-state index contributed by atoms with van der Waals surface area (Å²) in [5, 5.41) is 9.92. The first kappa shape index (κ1) is 18.1. The van der Waals surface area contributed by atoms with Crippen LogP contribution in [-0.2, 0) is 16.4 Å². The predicted octanol–water partition coefficient (Wildman–Crippen LogP) is 4.32. The van der Waals surface area contributed by atoms with Crippen molar-refractivity contribution in [1.29, 1.82) is 0 Å². The molecule has 0 saturated carbocycles. The van der Waals surface area contributed by atoms with Gasteiger partial charge in [-0.15, -0.1) is 0 Å². The van der Waals surface area contributed by atoms with Crippen molar-refractivity contribution in [1.82, 2.24) is 0 Å². The largest absolute Gasteiger partial charge is 0.381 e. The first-order chi connectivity index (χ1) is 9.47. The second-order valence-corrected chi connectivity index (χ2v) is 13.5. The quantitative estimate of drug-likeness (QED) is 0.650. The lowest BCUT2D eigenvalue weighted by Gasteiger charge is -2.47. The van der Waals surface area contributed by atoms with Crippen LogP contribution < -0.4 is 0 Å². The summed E-state index contributed by atoms with van der Waals surface area (Å²) in [6, 6.07) is 7.86. The molecule has 3 heteroatoms. The van der Waals surface area contributed by atoms with Crippen LogP contribution in [-0.4, -0.2) is 19.5 Å². The van der Waals surface area contributed by atoms with Crippen molar-refractivity contribution in [2.24, 2.45) is 5.92 Å². The Morgan fingerprint density at radius 2 is 1.71 bits per heavy atom. The van der Waals surface area contributed by atoms with E-state index in [4.69, 9.17) is 0 Å². The van der Waals surface area contributed by atoms with Crippen LogP contribution in [0, 0.1) is 5.92 Å². The van der Waals surface area contributed by atoms with Gasteiger partial charge in [0.25, 0.3) is 0 Å². The lowest BCUT2D eigenvalue weighted by atomic mass is 9.95. The molecule has 0 saturated heterocycles. The number of carbonyl (C=O) groups is 1. The third kappa shape index (κ3) is 3.29. The molecule has 0 aliphatic rings. The number of aldehydes is 1. The van der Waals surface area contributed by atoms with Gasteiger partial charge >= 0.3 is 0 Å². The Bertz CT molecular complexity index is 500. The van der Waals surface area contributed by atoms with Gasteiger partial charge in [-0.25, -0.2) is 0 Å². The number of carbonyl (C=O) groups excluding carboxylic acids is 1. The monoisotopic (exact) mass is 306 g/mol. The second kappa shape index (κ2) is 6.05. The lowest BCUT2D eigenvalue weighted by molar-refractivity contribution is -0.119. The van der Waals surface area contributed by atoms with Gasteiger partial charge in [0.05, 0.1) is 0 Å². The number of hydrogen-bond donors (Lipinski definition) is 1. The summed E-state index contributed by atoms with van der Waals surface area (Å²) in [6.45, 7) is 14.9. The maximum absolute atomic E-state index is 11.9. The number of hydrogen-bond acceptors (Lipinski definition) is 2. The standard InChI is InChI=1S/C18H30O2Si/c1-14(2)12-15-10-8-9-11-16(15)18(20,13-19)21(6,7)17(3,4)5/h8-11,13-14,20H,12H2,1-7H3/t18-/m0/s1. The molecule has 1 rings (SSSR count). The molecule has 0 radical (unpaired) electrons. The number of benzene rings is 1. The van der Waals surface area contributed by atoms with Crippen LogP contribution in [0.3, 0.4) is 0 Å².